The molecule has 2 heterocycles. The molecule has 0 saturated heterocycles. The van der Waals surface area contributed by atoms with Crippen LogP contribution in [0.1, 0.15) is 28.7 Å². The Hall–Kier alpha value is -2.88. The van der Waals surface area contributed by atoms with Crippen molar-refractivity contribution in [3.05, 3.63) is 71.6 Å². The standard InChI is InChI=1S/C20H18N2O2/c1-12(2)19-11-15-10-14(8-9-18(15)24-19)20(23)22-13(3)21-16-6-4-5-7-17(16)22/h4-10,19H,1,11H2,2-3H3/t19-/m1/s1. The van der Waals surface area contributed by atoms with Crippen LogP contribution in [0, 0.1) is 6.92 Å². The van der Waals surface area contributed by atoms with Gasteiger partial charge in [0.05, 0.1) is 11.0 Å². The van der Waals surface area contributed by atoms with Crippen LogP contribution in [0.25, 0.3) is 11.0 Å². The molecule has 0 amide bonds. The van der Waals surface area contributed by atoms with Crippen molar-refractivity contribution in [1.29, 1.82) is 0 Å². The molecule has 1 aromatic heterocycles. The van der Waals surface area contributed by atoms with Gasteiger partial charge in [-0.15, -0.1) is 0 Å². The highest BCUT2D eigenvalue weighted by Gasteiger charge is 2.25. The molecule has 0 aliphatic carbocycles. The van der Waals surface area contributed by atoms with E-state index in [4.69, 9.17) is 4.74 Å². The smallest absolute Gasteiger partial charge is 0.263 e. The van der Waals surface area contributed by atoms with Crippen LogP contribution in [0.5, 0.6) is 5.75 Å². The minimum Gasteiger partial charge on any atom is -0.485 e. The van der Waals surface area contributed by atoms with Crippen LogP contribution in [0.3, 0.4) is 0 Å². The maximum absolute atomic E-state index is 13.0. The summed E-state index contributed by atoms with van der Waals surface area (Å²) >= 11 is 0. The number of para-hydroxylation sites is 2. The van der Waals surface area contributed by atoms with Gasteiger partial charge in [-0.3, -0.25) is 9.36 Å². The molecule has 0 unspecified atom stereocenters. The molecule has 1 aliphatic rings. The number of hydrogen-bond acceptors (Lipinski definition) is 3. The largest absolute Gasteiger partial charge is 0.485 e. The van der Waals surface area contributed by atoms with Crippen LogP contribution >= 0.6 is 0 Å². The van der Waals surface area contributed by atoms with Gasteiger partial charge in [0.15, 0.2) is 0 Å². The van der Waals surface area contributed by atoms with Gasteiger partial charge in [-0.2, -0.15) is 0 Å². The highest BCUT2D eigenvalue weighted by Crippen LogP contribution is 2.32. The summed E-state index contributed by atoms with van der Waals surface area (Å²) in [5.74, 6) is 1.47. The molecule has 0 spiro atoms. The van der Waals surface area contributed by atoms with Crippen LogP contribution in [0.4, 0.5) is 0 Å². The summed E-state index contributed by atoms with van der Waals surface area (Å²) in [7, 11) is 0. The number of rotatable bonds is 2. The lowest BCUT2D eigenvalue weighted by Crippen LogP contribution is -2.14. The molecule has 3 aromatic rings. The molecule has 120 valence electrons. The monoisotopic (exact) mass is 318 g/mol. The van der Waals surface area contributed by atoms with E-state index in [2.05, 4.69) is 11.6 Å². The first-order valence-electron chi connectivity index (χ1n) is 7.98. The van der Waals surface area contributed by atoms with Crippen molar-refractivity contribution in [2.45, 2.75) is 26.4 Å². The third kappa shape index (κ3) is 2.22. The summed E-state index contributed by atoms with van der Waals surface area (Å²) in [4.78, 5) is 17.5. The maximum atomic E-state index is 13.0. The van der Waals surface area contributed by atoms with Crippen LogP contribution in [-0.2, 0) is 6.42 Å². The quantitative estimate of drug-likeness (QED) is 0.673. The fourth-order valence-electron chi connectivity index (χ4n) is 3.19. The van der Waals surface area contributed by atoms with Crippen LogP contribution in [-0.4, -0.2) is 21.6 Å². The van der Waals surface area contributed by atoms with Gasteiger partial charge >= 0.3 is 0 Å². The van der Waals surface area contributed by atoms with Crippen molar-refractivity contribution >= 4 is 16.9 Å². The van der Waals surface area contributed by atoms with Gasteiger partial charge in [0.1, 0.15) is 17.7 Å². The van der Waals surface area contributed by atoms with E-state index < -0.39 is 0 Å². The normalized spacial score (nSPS) is 16.0. The van der Waals surface area contributed by atoms with E-state index in [1.165, 1.54) is 0 Å². The van der Waals surface area contributed by atoms with Crippen LogP contribution in [0.15, 0.2) is 54.6 Å². The topological polar surface area (TPSA) is 44.1 Å². The Morgan fingerprint density at radius 1 is 1.29 bits per heavy atom. The number of hydrogen-bond donors (Lipinski definition) is 0. The molecule has 4 nitrogen and oxygen atoms in total. The second-order valence-electron chi connectivity index (χ2n) is 6.27. The average molecular weight is 318 g/mol. The predicted octanol–water partition coefficient (Wildman–Crippen LogP) is 3.91. The van der Waals surface area contributed by atoms with Crippen molar-refractivity contribution in [2.75, 3.05) is 0 Å². The Bertz CT molecular complexity index is 984. The van der Waals surface area contributed by atoms with Gasteiger partial charge in [0.25, 0.3) is 5.91 Å². The molecule has 4 rings (SSSR count). The Balaban J connectivity index is 1.75. The third-order valence-corrected chi connectivity index (χ3v) is 4.46. The zero-order valence-corrected chi connectivity index (χ0v) is 13.7. The number of benzene rings is 2. The van der Waals surface area contributed by atoms with E-state index in [0.717, 1.165) is 34.3 Å². The maximum Gasteiger partial charge on any atom is 0.263 e. The molecule has 0 saturated carbocycles. The molecular weight excluding hydrogens is 300 g/mol. The second-order valence-corrected chi connectivity index (χ2v) is 6.27. The summed E-state index contributed by atoms with van der Waals surface area (Å²) in [6.45, 7) is 7.77. The van der Waals surface area contributed by atoms with E-state index in [0.29, 0.717) is 11.4 Å². The zero-order chi connectivity index (χ0) is 16.8. The molecule has 4 heteroatoms. The summed E-state index contributed by atoms with van der Waals surface area (Å²) in [6, 6.07) is 13.3. The first-order chi connectivity index (χ1) is 11.5. The van der Waals surface area contributed by atoms with Crippen molar-refractivity contribution < 1.29 is 9.53 Å². The number of aromatic nitrogens is 2. The Morgan fingerprint density at radius 2 is 2.08 bits per heavy atom. The third-order valence-electron chi connectivity index (χ3n) is 4.46. The van der Waals surface area contributed by atoms with Crippen LogP contribution < -0.4 is 4.74 Å². The summed E-state index contributed by atoms with van der Waals surface area (Å²) < 4.78 is 7.53. The van der Waals surface area contributed by atoms with Gasteiger partial charge in [-0.05, 0) is 55.3 Å². The molecule has 2 aromatic carbocycles. The van der Waals surface area contributed by atoms with E-state index in [1.807, 2.05) is 56.3 Å². The minimum absolute atomic E-state index is 0.00108. The van der Waals surface area contributed by atoms with E-state index >= 15 is 0 Å². The Morgan fingerprint density at radius 3 is 2.88 bits per heavy atom. The Labute approximate surface area is 140 Å². The van der Waals surface area contributed by atoms with Gasteiger partial charge in [-0.1, -0.05) is 18.7 Å². The molecule has 0 bridgehead atoms. The van der Waals surface area contributed by atoms with E-state index in [-0.39, 0.29) is 12.0 Å². The van der Waals surface area contributed by atoms with Crippen molar-refractivity contribution in [2.24, 2.45) is 0 Å². The highest BCUT2D eigenvalue weighted by molar-refractivity contribution is 6.02. The SMILES string of the molecule is C=C(C)[C@H]1Cc2cc(C(=O)n3c(C)nc4ccccc43)ccc2O1. The average Bonchev–Trinajstić information content (AvgIpc) is 3.13. The van der Waals surface area contributed by atoms with Gasteiger partial charge in [0.2, 0.25) is 0 Å². The van der Waals surface area contributed by atoms with Gasteiger partial charge < -0.3 is 4.74 Å². The summed E-state index contributed by atoms with van der Waals surface area (Å²) in [6.07, 6.45) is 0.760. The number of nitrogens with zero attached hydrogens (tertiary/aromatic N) is 2. The molecule has 0 fully saturated rings. The number of ether oxygens (including phenoxy) is 1. The number of imidazole rings is 1. The summed E-state index contributed by atoms with van der Waals surface area (Å²) in [5, 5.41) is 0. The van der Waals surface area contributed by atoms with Crippen molar-refractivity contribution in [3.8, 4) is 5.75 Å². The zero-order valence-electron chi connectivity index (χ0n) is 13.7. The lowest BCUT2D eigenvalue weighted by atomic mass is 10.0. The number of carbonyl (C=O) groups excluding carboxylic acids is 1. The predicted molar refractivity (Wildman–Crippen MR) is 93.6 cm³/mol. The summed E-state index contributed by atoms with van der Waals surface area (Å²) in [5.41, 5.74) is 4.35. The molecule has 0 N–H and O–H groups in total. The lowest BCUT2D eigenvalue weighted by molar-refractivity contribution is 0.0962. The molecule has 0 radical (unpaired) electrons. The molecular formula is C20H18N2O2. The second kappa shape index (κ2) is 5.34. The minimum atomic E-state index is -0.0669. The molecule has 1 atom stereocenters. The number of fused-ring (bicyclic) bond motifs is 2. The van der Waals surface area contributed by atoms with Gasteiger partial charge in [-0.25, -0.2) is 4.98 Å². The number of carbonyl (C=O) groups is 1. The van der Waals surface area contributed by atoms with E-state index in [1.54, 1.807) is 4.57 Å². The lowest BCUT2D eigenvalue weighted by Gasteiger charge is -2.09. The number of aryl methyl sites for hydroxylation is 1. The highest BCUT2D eigenvalue weighted by atomic mass is 16.5. The van der Waals surface area contributed by atoms with Crippen molar-refractivity contribution in [1.82, 2.24) is 9.55 Å². The first kappa shape index (κ1) is 14.7. The first-order valence-corrected chi connectivity index (χ1v) is 7.98. The van der Waals surface area contributed by atoms with Gasteiger partial charge in [0, 0.05) is 12.0 Å². The van der Waals surface area contributed by atoms with E-state index in [9.17, 15) is 4.79 Å². The fourth-order valence-corrected chi connectivity index (χ4v) is 3.19. The fraction of sp³-hybridized carbons (Fsp3) is 0.200. The Kier molecular flexibility index (Phi) is 3.27. The molecule has 1 aliphatic heterocycles. The van der Waals surface area contributed by atoms with Crippen LogP contribution in [0.2, 0.25) is 0 Å². The molecule has 24 heavy (non-hydrogen) atoms. The van der Waals surface area contributed by atoms with Crippen molar-refractivity contribution in [3.63, 3.8) is 0 Å².